The van der Waals surface area contributed by atoms with Gasteiger partial charge in [-0.2, -0.15) is 5.10 Å². The molecule has 0 atom stereocenters. The summed E-state index contributed by atoms with van der Waals surface area (Å²) >= 11 is 3.29. The van der Waals surface area contributed by atoms with Gasteiger partial charge in [-0.25, -0.2) is 4.68 Å². The minimum Gasteiger partial charge on any atom is -0.492 e. The van der Waals surface area contributed by atoms with E-state index in [1.165, 1.54) is 4.68 Å². The normalized spacial score (nSPS) is 10.4. The lowest BCUT2D eigenvalue weighted by Gasteiger charge is -2.10. The maximum Gasteiger partial charge on any atom is 0.283 e. The molecule has 0 amide bonds. The van der Waals surface area contributed by atoms with E-state index in [9.17, 15) is 4.79 Å². The predicted molar refractivity (Wildman–Crippen MR) is 86.7 cm³/mol. The van der Waals surface area contributed by atoms with Gasteiger partial charge in [-0.3, -0.25) is 4.79 Å². The van der Waals surface area contributed by atoms with Crippen LogP contribution in [0.5, 0.6) is 5.75 Å². The van der Waals surface area contributed by atoms with Crippen molar-refractivity contribution in [2.24, 2.45) is 0 Å². The molecule has 0 aliphatic rings. The molecular formula is C14H17BrN4O2. The average Bonchev–Trinajstić information content (AvgIpc) is 2.48. The first-order valence-electron chi connectivity index (χ1n) is 6.59. The first-order chi connectivity index (χ1) is 10.1. The number of rotatable bonds is 6. The molecule has 1 heterocycles. The smallest absolute Gasteiger partial charge is 0.283 e. The van der Waals surface area contributed by atoms with Crippen molar-refractivity contribution in [3.8, 4) is 5.75 Å². The number of aryl methyl sites for hydroxylation is 1. The number of nitrogens with one attached hydrogen (secondary N) is 1. The van der Waals surface area contributed by atoms with Gasteiger partial charge in [0.15, 0.2) is 0 Å². The topological polar surface area (TPSA) is 82.2 Å². The fourth-order valence-electron chi connectivity index (χ4n) is 1.77. The summed E-state index contributed by atoms with van der Waals surface area (Å²) in [6, 6.07) is 7.25. The van der Waals surface area contributed by atoms with Crippen LogP contribution in [0.1, 0.15) is 6.92 Å². The molecule has 3 N–H and O–H groups in total. The highest BCUT2D eigenvalue weighted by molar-refractivity contribution is 9.10. The van der Waals surface area contributed by atoms with Crippen LogP contribution < -0.4 is 21.3 Å². The Balaban J connectivity index is 1.89. The molecule has 1 aromatic heterocycles. The molecule has 6 nitrogen and oxygen atoms in total. The molecule has 21 heavy (non-hydrogen) atoms. The van der Waals surface area contributed by atoms with Crippen LogP contribution in [0.2, 0.25) is 0 Å². The summed E-state index contributed by atoms with van der Waals surface area (Å²) in [6.45, 7) is 3.40. The zero-order chi connectivity index (χ0) is 15.2. The highest BCUT2D eigenvalue weighted by Gasteiger charge is 2.07. The molecule has 2 aromatic rings. The molecular weight excluding hydrogens is 336 g/mol. The van der Waals surface area contributed by atoms with Gasteiger partial charge >= 0.3 is 0 Å². The standard InChI is InChI=1S/C14H17BrN4O2/c1-2-19-14(20)13(15)12(9-18-19)17-6-7-21-11-5-3-4-10(16)8-11/h3-5,8-9,17H,2,6-7,16H2,1H3. The molecule has 0 fully saturated rings. The molecule has 0 saturated carbocycles. The minimum absolute atomic E-state index is 0.153. The first-order valence-corrected chi connectivity index (χ1v) is 7.39. The monoisotopic (exact) mass is 352 g/mol. The van der Waals surface area contributed by atoms with Crippen molar-refractivity contribution in [1.29, 1.82) is 0 Å². The van der Waals surface area contributed by atoms with Crippen molar-refractivity contribution >= 4 is 27.3 Å². The number of benzene rings is 1. The average molecular weight is 353 g/mol. The number of halogens is 1. The molecule has 0 saturated heterocycles. The van der Waals surface area contributed by atoms with Crippen molar-refractivity contribution in [1.82, 2.24) is 9.78 Å². The second-order valence-corrected chi connectivity index (χ2v) is 5.13. The lowest BCUT2D eigenvalue weighted by molar-refractivity contribution is 0.333. The summed E-state index contributed by atoms with van der Waals surface area (Å²) in [5, 5.41) is 7.17. The van der Waals surface area contributed by atoms with Crippen LogP contribution in [0.4, 0.5) is 11.4 Å². The van der Waals surface area contributed by atoms with E-state index < -0.39 is 0 Å². The molecule has 2 rings (SSSR count). The fourth-order valence-corrected chi connectivity index (χ4v) is 2.22. The van der Waals surface area contributed by atoms with Crippen LogP contribution in [0.3, 0.4) is 0 Å². The zero-order valence-corrected chi connectivity index (χ0v) is 13.3. The van der Waals surface area contributed by atoms with Gasteiger partial charge in [0, 0.05) is 24.8 Å². The van der Waals surface area contributed by atoms with Gasteiger partial charge in [0.2, 0.25) is 0 Å². The summed E-state index contributed by atoms with van der Waals surface area (Å²) in [7, 11) is 0. The Morgan fingerprint density at radius 1 is 1.48 bits per heavy atom. The Morgan fingerprint density at radius 3 is 3.00 bits per heavy atom. The molecule has 1 aromatic carbocycles. The van der Waals surface area contributed by atoms with Gasteiger partial charge in [0.25, 0.3) is 5.56 Å². The number of nitrogens with two attached hydrogens (primary N) is 1. The van der Waals surface area contributed by atoms with E-state index in [0.717, 1.165) is 5.75 Å². The van der Waals surface area contributed by atoms with Crippen LogP contribution in [-0.4, -0.2) is 22.9 Å². The van der Waals surface area contributed by atoms with Crippen molar-refractivity contribution in [2.45, 2.75) is 13.5 Å². The largest absolute Gasteiger partial charge is 0.492 e. The molecule has 0 radical (unpaired) electrons. The molecule has 0 unspecified atom stereocenters. The predicted octanol–water partition coefficient (Wildman–Crippen LogP) is 2.10. The highest BCUT2D eigenvalue weighted by Crippen LogP contribution is 2.16. The lowest BCUT2D eigenvalue weighted by atomic mass is 10.3. The van der Waals surface area contributed by atoms with Crippen molar-refractivity contribution in [2.75, 3.05) is 24.2 Å². The third kappa shape index (κ3) is 3.98. The van der Waals surface area contributed by atoms with E-state index in [2.05, 4.69) is 26.3 Å². The third-order valence-electron chi connectivity index (χ3n) is 2.83. The maximum absolute atomic E-state index is 11.9. The van der Waals surface area contributed by atoms with Crippen molar-refractivity contribution in [3.63, 3.8) is 0 Å². The van der Waals surface area contributed by atoms with E-state index in [4.69, 9.17) is 10.5 Å². The summed E-state index contributed by atoms with van der Waals surface area (Å²) in [4.78, 5) is 11.9. The first kappa shape index (κ1) is 15.4. The second kappa shape index (κ2) is 7.12. The number of ether oxygens (including phenoxy) is 1. The van der Waals surface area contributed by atoms with Gasteiger partial charge in [0.1, 0.15) is 16.8 Å². The Bertz CT molecular complexity index is 672. The minimum atomic E-state index is -0.153. The summed E-state index contributed by atoms with van der Waals surface area (Å²) in [6.07, 6.45) is 1.62. The van der Waals surface area contributed by atoms with Crippen molar-refractivity contribution in [3.05, 3.63) is 45.3 Å². The quantitative estimate of drug-likeness (QED) is 0.614. The molecule has 0 spiro atoms. The number of anilines is 2. The van der Waals surface area contributed by atoms with Crippen LogP contribution in [0, 0.1) is 0 Å². The second-order valence-electron chi connectivity index (χ2n) is 4.34. The number of aromatic nitrogens is 2. The molecule has 0 aliphatic carbocycles. The van der Waals surface area contributed by atoms with E-state index in [-0.39, 0.29) is 5.56 Å². The molecule has 0 aliphatic heterocycles. The zero-order valence-electron chi connectivity index (χ0n) is 11.7. The summed E-state index contributed by atoms with van der Waals surface area (Å²) in [5.41, 5.74) is 6.83. The Hall–Kier alpha value is -2.02. The van der Waals surface area contributed by atoms with E-state index in [0.29, 0.717) is 35.5 Å². The van der Waals surface area contributed by atoms with Gasteiger partial charge in [-0.15, -0.1) is 0 Å². The van der Waals surface area contributed by atoms with E-state index in [1.807, 2.05) is 19.1 Å². The van der Waals surface area contributed by atoms with Gasteiger partial charge in [0.05, 0.1) is 11.9 Å². The lowest BCUT2D eigenvalue weighted by Crippen LogP contribution is -2.24. The highest BCUT2D eigenvalue weighted by atomic mass is 79.9. The number of hydrogen-bond acceptors (Lipinski definition) is 5. The third-order valence-corrected chi connectivity index (χ3v) is 3.60. The fraction of sp³-hybridized carbons (Fsp3) is 0.286. The Morgan fingerprint density at radius 2 is 2.29 bits per heavy atom. The molecule has 7 heteroatoms. The van der Waals surface area contributed by atoms with Gasteiger partial charge in [-0.05, 0) is 35.0 Å². The van der Waals surface area contributed by atoms with Crippen molar-refractivity contribution < 1.29 is 4.74 Å². The van der Waals surface area contributed by atoms with Crippen LogP contribution in [-0.2, 0) is 6.54 Å². The van der Waals surface area contributed by atoms with E-state index in [1.54, 1.807) is 18.3 Å². The number of hydrogen-bond donors (Lipinski definition) is 2. The maximum atomic E-state index is 11.9. The molecule has 112 valence electrons. The Kier molecular flexibility index (Phi) is 5.21. The van der Waals surface area contributed by atoms with Crippen LogP contribution in [0.15, 0.2) is 39.7 Å². The van der Waals surface area contributed by atoms with Gasteiger partial charge in [-0.1, -0.05) is 6.07 Å². The Labute approximate surface area is 131 Å². The number of nitrogen functional groups attached to an aromatic ring is 1. The molecule has 0 bridgehead atoms. The van der Waals surface area contributed by atoms with Gasteiger partial charge < -0.3 is 15.8 Å². The van der Waals surface area contributed by atoms with Crippen LogP contribution in [0.25, 0.3) is 0 Å². The number of nitrogens with zero attached hydrogens (tertiary/aromatic N) is 2. The SMILES string of the molecule is CCn1ncc(NCCOc2cccc(N)c2)c(Br)c1=O. The summed E-state index contributed by atoms with van der Waals surface area (Å²) in [5.74, 6) is 0.718. The summed E-state index contributed by atoms with van der Waals surface area (Å²) < 4.78 is 7.42. The van der Waals surface area contributed by atoms with Crippen LogP contribution >= 0.6 is 15.9 Å². The van der Waals surface area contributed by atoms with E-state index >= 15 is 0 Å².